The predicted molar refractivity (Wildman–Crippen MR) is 53.6 cm³/mol. The van der Waals surface area contributed by atoms with Crippen LogP contribution in [0.4, 0.5) is 0 Å². The van der Waals surface area contributed by atoms with Gasteiger partial charge in [0.2, 0.25) is 0 Å². The standard InChI is InChI=1S/C10H13N3/c1-7-3-4-9(5-11-7)10-6-12-8(2)13-10/h5-6H,3-4H2,1-2H3,(H,12,13). The normalized spacial score (nSPS) is 16.8. The maximum atomic E-state index is 4.30. The zero-order valence-corrected chi connectivity index (χ0v) is 7.96. The SMILES string of the molecule is CC1=NC=C(c2cnc(C)[nH]2)CC1. The van der Waals surface area contributed by atoms with Crippen LogP contribution in [0.2, 0.25) is 0 Å². The molecule has 1 aromatic rings. The molecular formula is C10H13N3. The first-order valence-corrected chi connectivity index (χ1v) is 4.50. The van der Waals surface area contributed by atoms with Crippen molar-refractivity contribution in [1.82, 2.24) is 9.97 Å². The van der Waals surface area contributed by atoms with E-state index in [-0.39, 0.29) is 0 Å². The fraction of sp³-hybridized carbons (Fsp3) is 0.400. The number of H-pyrrole nitrogens is 1. The fourth-order valence-corrected chi connectivity index (χ4v) is 1.42. The van der Waals surface area contributed by atoms with Gasteiger partial charge in [-0.25, -0.2) is 4.98 Å². The summed E-state index contributed by atoms with van der Waals surface area (Å²) in [7, 11) is 0. The average molecular weight is 175 g/mol. The minimum atomic E-state index is 0.960. The highest BCUT2D eigenvalue weighted by molar-refractivity contribution is 5.86. The monoisotopic (exact) mass is 175 g/mol. The molecule has 0 unspecified atom stereocenters. The van der Waals surface area contributed by atoms with E-state index < -0.39 is 0 Å². The molecule has 0 saturated carbocycles. The molecule has 0 aliphatic carbocycles. The third-order valence-corrected chi connectivity index (χ3v) is 2.25. The summed E-state index contributed by atoms with van der Waals surface area (Å²) in [6.45, 7) is 4.02. The van der Waals surface area contributed by atoms with Crippen LogP contribution in [0.5, 0.6) is 0 Å². The van der Waals surface area contributed by atoms with Gasteiger partial charge in [0.25, 0.3) is 0 Å². The van der Waals surface area contributed by atoms with Crippen molar-refractivity contribution < 1.29 is 0 Å². The lowest BCUT2D eigenvalue weighted by Gasteiger charge is -2.08. The van der Waals surface area contributed by atoms with E-state index in [1.165, 1.54) is 11.3 Å². The number of rotatable bonds is 1. The van der Waals surface area contributed by atoms with Crippen molar-refractivity contribution in [3.63, 3.8) is 0 Å². The lowest BCUT2D eigenvalue weighted by Crippen LogP contribution is -1.98. The summed E-state index contributed by atoms with van der Waals surface area (Å²) in [5.41, 5.74) is 3.57. The van der Waals surface area contributed by atoms with Crippen molar-refractivity contribution in [1.29, 1.82) is 0 Å². The minimum Gasteiger partial charge on any atom is -0.342 e. The van der Waals surface area contributed by atoms with Gasteiger partial charge in [0.05, 0.1) is 11.9 Å². The summed E-state index contributed by atoms with van der Waals surface area (Å²) < 4.78 is 0. The zero-order chi connectivity index (χ0) is 9.26. The quantitative estimate of drug-likeness (QED) is 0.699. The van der Waals surface area contributed by atoms with Crippen LogP contribution in [-0.2, 0) is 0 Å². The molecule has 3 nitrogen and oxygen atoms in total. The third-order valence-electron chi connectivity index (χ3n) is 2.25. The van der Waals surface area contributed by atoms with Gasteiger partial charge in [0, 0.05) is 11.9 Å². The number of hydrogen-bond donors (Lipinski definition) is 1. The average Bonchev–Trinajstić information content (AvgIpc) is 2.53. The van der Waals surface area contributed by atoms with Gasteiger partial charge in [-0.15, -0.1) is 0 Å². The molecule has 0 amide bonds. The second kappa shape index (κ2) is 3.17. The molecule has 0 fully saturated rings. The van der Waals surface area contributed by atoms with Gasteiger partial charge in [-0.2, -0.15) is 0 Å². The molecule has 68 valence electrons. The minimum absolute atomic E-state index is 0.960. The molecule has 2 rings (SSSR count). The topological polar surface area (TPSA) is 41.0 Å². The predicted octanol–water partition coefficient (Wildman–Crippen LogP) is 2.31. The highest BCUT2D eigenvalue weighted by Crippen LogP contribution is 2.21. The molecule has 1 aliphatic rings. The van der Waals surface area contributed by atoms with Crippen molar-refractivity contribution in [2.45, 2.75) is 26.7 Å². The summed E-state index contributed by atoms with van der Waals surface area (Å²) in [6.07, 6.45) is 5.93. The van der Waals surface area contributed by atoms with Gasteiger partial charge in [-0.3, -0.25) is 4.99 Å². The van der Waals surface area contributed by atoms with Crippen LogP contribution < -0.4 is 0 Å². The molecule has 0 saturated heterocycles. The van der Waals surface area contributed by atoms with Crippen molar-refractivity contribution in [3.8, 4) is 0 Å². The number of imidazole rings is 1. The van der Waals surface area contributed by atoms with Gasteiger partial charge >= 0.3 is 0 Å². The summed E-state index contributed by atoms with van der Waals surface area (Å²) >= 11 is 0. The highest BCUT2D eigenvalue weighted by atomic mass is 14.9. The van der Waals surface area contributed by atoms with Crippen molar-refractivity contribution in [2.24, 2.45) is 4.99 Å². The first-order chi connectivity index (χ1) is 6.25. The Labute approximate surface area is 77.6 Å². The maximum Gasteiger partial charge on any atom is 0.103 e. The second-order valence-corrected chi connectivity index (χ2v) is 3.40. The summed E-state index contributed by atoms with van der Waals surface area (Å²) in [5.74, 6) is 0.960. The number of aromatic amines is 1. The Bertz CT molecular complexity index is 371. The van der Waals surface area contributed by atoms with Crippen LogP contribution in [-0.4, -0.2) is 15.7 Å². The lowest BCUT2D eigenvalue weighted by molar-refractivity contribution is 1.05. The van der Waals surface area contributed by atoms with Crippen molar-refractivity contribution in [3.05, 3.63) is 23.9 Å². The first-order valence-electron chi connectivity index (χ1n) is 4.50. The van der Waals surface area contributed by atoms with E-state index in [1.54, 1.807) is 0 Å². The third kappa shape index (κ3) is 1.69. The number of nitrogens with zero attached hydrogens (tertiary/aromatic N) is 2. The molecule has 0 aromatic carbocycles. The van der Waals surface area contributed by atoms with Crippen LogP contribution in [0.3, 0.4) is 0 Å². The summed E-state index contributed by atoms with van der Waals surface area (Å²) in [5, 5.41) is 0. The van der Waals surface area contributed by atoms with E-state index >= 15 is 0 Å². The van der Waals surface area contributed by atoms with Gasteiger partial charge < -0.3 is 4.98 Å². The molecule has 0 spiro atoms. The molecule has 0 atom stereocenters. The molecule has 3 heteroatoms. The number of hydrogen-bond acceptors (Lipinski definition) is 2. The smallest absolute Gasteiger partial charge is 0.103 e. The Morgan fingerprint density at radius 1 is 1.31 bits per heavy atom. The van der Waals surface area contributed by atoms with Crippen LogP contribution in [0.15, 0.2) is 17.4 Å². The van der Waals surface area contributed by atoms with Gasteiger partial charge in [-0.1, -0.05) is 0 Å². The number of aromatic nitrogens is 2. The Balaban J connectivity index is 2.28. The molecular weight excluding hydrogens is 162 g/mol. The molecule has 0 bridgehead atoms. The highest BCUT2D eigenvalue weighted by Gasteiger charge is 2.08. The molecule has 1 N–H and O–H groups in total. The largest absolute Gasteiger partial charge is 0.342 e. The molecule has 13 heavy (non-hydrogen) atoms. The first kappa shape index (κ1) is 8.23. The van der Waals surface area contributed by atoms with Gasteiger partial charge in [0.1, 0.15) is 5.82 Å². The van der Waals surface area contributed by atoms with Crippen molar-refractivity contribution >= 4 is 11.3 Å². The van der Waals surface area contributed by atoms with E-state index in [0.717, 1.165) is 24.4 Å². The van der Waals surface area contributed by atoms with E-state index in [1.807, 2.05) is 19.3 Å². The second-order valence-electron chi connectivity index (χ2n) is 3.40. The van der Waals surface area contributed by atoms with Crippen LogP contribution in [0.25, 0.3) is 5.57 Å². The Morgan fingerprint density at radius 2 is 2.15 bits per heavy atom. The molecule has 1 aromatic heterocycles. The van der Waals surface area contributed by atoms with Crippen LogP contribution in [0, 0.1) is 6.92 Å². The molecule has 1 aliphatic heterocycles. The molecule has 0 radical (unpaired) electrons. The fourth-order valence-electron chi connectivity index (χ4n) is 1.42. The van der Waals surface area contributed by atoms with E-state index in [9.17, 15) is 0 Å². The number of nitrogens with one attached hydrogen (secondary N) is 1. The Kier molecular flexibility index (Phi) is 2.00. The molecule has 2 heterocycles. The van der Waals surface area contributed by atoms with Gasteiger partial charge in [0.15, 0.2) is 0 Å². The number of aryl methyl sites for hydroxylation is 1. The lowest BCUT2D eigenvalue weighted by atomic mass is 10.0. The van der Waals surface area contributed by atoms with Gasteiger partial charge in [-0.05, 0) is 32.3 Å². The van der Waals surface area contributed by atoms with Crippen LogP contribution in [0.1, 0.15) is 31.3 Å². The number of aliphatic imine (C=N–C) groups is 1. The Morgan fingerprint density at radius 3 is 2.69 bits per heavy atom. The van der Waals surface area contributed by atoms with E-state index in [2.05, 4.69) is 21.9 Å². The maximum absolute atomic E-state index is 4.30. The number of allylic oxidation sites excluding steroid dienone is 1. The summed E-state index contributed by atoms with van der Waals surface area (Å²) in [4.78, 5) is 11.7. The summed E-state index contributed by atoms with van der Waals surface area (Å²) in [6, 6.07) is 0. The van der Waals surface area contributed by atoms with E-state index in [0.29, 0.717) is 0 Å². The zero-order valence-electron chi connectivity index (χ0n) is 7.96. The van der Waals surface area contributed by atoms with Crippen molar-refractivity contribution in [2.75, 3.05) is 0 Å². The van der Waals surface area contributed by atoms with Crippen LogP contribution >= 0.6 is 0 Å². The Hall–Kier alpha value is -1.38. The van der Waals surface area contributed by atoms with E-state index in [4.69, 9.17) is 0 Å².